The summed E-state index contributed by atoms with van der Waals surface area (Å²) < 4.78 is 0. The third-order valence-electron chi connectivity index (χ3n) is 4.33. The van der Waals surface area contributed by atoms with Gasteiger partial charge in [0, 0.05) is 19.6 Å². The summed E-state index contributed by atoms with van der Waals surface area (Å²) in [7, 11) is 0. The number of likely N-dealkylation sites (tertiary alicyclic amines) is 1. The van der Waals surface area contributed by atoms with Crippen LogP contribution in [0.3, 0.4) is 0 Å². The van der Waals surface area contributed by atoms with Gasteiger partial charge in [0.2, 0.25) is 0 Å². The predicted molar refractivity (Wildman–Crippen MR) is 72.2 cm³/mol. The zero-order valence-corrected chi connectivity index (χ0v) is 10.7. The molecule has 3 heteroatoms. The summed E-state index contributed by atoms with van der Waals surface area (Å²) in [5, 5.41) is 9.23. The van der Waals surface area contributed by atoms with Crippen LogP contribution in [-0.4, -0.2) is 34.6 Å². The molecule has 1 N–H and O–H groups in total. The van der Waals surface area contributed by atoms with E-state index in [1.165, 1.54) is 38.5 Å². The summed E-state index contributed by atoms with van der Waals surface area (Å²) in [6.07, 6.45) is 5.72. The maximum Gasteiger partial charge on any atom is 0.133 e. The van der Waals surface area contributed by atoms with Gasteiger partial charge >= 0.3 is 0 Å². The second kappa shape index (κ2) is 4.73. The first-order chi connectivity index (χ1) is 8.72. The van der Waals surface area contributed by atoms with Gasteiger partial charge in [0.1, 0.15) is 5.75 Å². The van der Waals surface area contributed by atoms with Gasteiger partial charge in [-0.15, -0.1) is 0 Å². The number of hydrogen-bond donors (Lipinski definition) is 1. The van der Waals surface area contributed by atoms with Crippen molar-refractivity contribution in [3.8, 4) is 5.75 Å². The highest BCUT2D eigenvalue weighted by Crippen LogP contribution is 2.38. The minimum absolute atomic E-state index is 0.210. The molecule has 2 unspecified atom stereocenters. The van der Waals surface area contributed by atoms with Crippen molar-refractivity contribution in [2.24, 2.45) is 11.8 Å². The van der Waals surface area contributed by atoms with E-state index in [1.807, 2.05) is 6.07 Å². The van der Waals surface area contributed by atoms with E-state index >= 15 is 0 Å². The molecule has 3 nitrogen and oxygen atoms in total. The van der Waals surface area contributed by atoms with Crippen molar-refractivity contribution < 1.29 is 5.11 Å². The van der Waals surface area contributed by atoms with E-state index in [0.29, 0.717) is 0 Å². The number of pyridine rings is 1. The Morgan fingerprint density at radius 2 is 2.06 bits per heavy atom. The molecule has 1 aliphatic heterocycles. The standard InChI is InChI=1S/C15H20N2O/c1-11(15-6-5-14(18)7-16-15)8-17-9-12-3-2-4-13(12)10-17/h5-7,12-13,18H,1-4,8-10H2. The Kier molecular flexibility index (Phi) is 3.08. The van der Waals surface area contributed by atoms with Gasteiger partial charge in [-0.2, -0.15) is 0 Å². The van der Waals surface area contributed by atoms with E-state index in [1.54, 1.807) is 6.07 Å². The Morgan fingerprint density at radius 1 is 1.33 bits per heavy atom. The van der Waals surface area contributed by atoms with Gasteiger partial charge < -0.3 is 5.11 Å². The Bertz CT molecular complexity index is 428. The Morgan fingerprint density at radius 3 is 2.67 bits per heavy atom. The topological polar surface area (TPSA) is 36.4 Å². The van der Waals surface area contributed by atoms with Crippen LogP contribution >= 0.6 is 0 Å². The minimum atomic E-state index is 0.210. The molecule has 2 heterocycles. The van der Waals surface area contributed by atoms with Gasteiger partial charge in [0.05, 0.1) is 11.9 Å². The fraction of sp³-hybridized carbons (Fsp3) is 0.533. The molecule has 1 aromatic heterocycles. The van der Waals surface area contributed by atoms with Crippen LogP contribution in [0, 0.1) is 11.8 Å². The first-order valence-corrected chi connectivity index (χ1v) is 6.78. The lowest BCUT2D eigenvalue weighted by molar-refractivity contribution is 0.348. The van der Waals surface area contributed by atoms with Crippen LogP contribution in [0.1, 0.15) is 25.0 Å². The van der Waals surface area contributed by atoms with Crippen molar-refractivity contribution in [1.29, 1.82) is 0 Å². The van der Waals surface area contributed by atoms with Crippen LogP contribution in [0.5, 0.6) is 5.75 Å². The number of aromatic nitrogens is 1. The second-order valence-corrected chi connectivity index (χ2v) is 5.65. The predicted octanol–water partition coefficient (Wildman–Crippen LogP) is 2.53. The van der Waals surface area contributed by atoms with Crippen LogP contribution in [0.4, 0.5) is 0 Å². The average molecular weight is 244 g/mol. The second-order valence-electron chi connectivity index (χ2n) is 5.65. The van der Waals surface area contributed by atoms with Crippen molar-refractivity contribution in [2.75, 3.05) is 19.6 Å². The Hall–Kier alpha value is -1.35. The van der Waals surface area contributed by atoms with Gasteiger partial charge in [0.15, 0.2) is 0 Å². The molecule has 1 aromatic rings. The third-order valence-corrected chi connectivity index (χ3v) is 4.33. The molecular weight excluding hydrogens is 224 g/mol. The Labute approximate surface area is 108 Å². The van der Waals surface area contributed by atoms with Crippen molar-refractivity contribution in [2.45, 2.75) is 19.3 Å². The first-order valence-electron chi connectivity index (χ1n) is 6.78. The maximum atomic E-state index is 9.23. The molecule has 3 rings (SSSR count). The van der Waals surface area contributed by atoms with E-state index in [-0.39, 0.29) is 5.75 Å². The zero-order chi connectivity index (χ0) is 12.5. The summed E-state index contributed by atoms with van der Waals surface area (Å²) in [6.45, 7) is 7.48. The van der Waals surface area contributed by atoms with Crippen molar-refractivity contribution in [1.82, 2.24) is 9.88 Å². The molecule has 0 amide bonds. The van der Waals surface area contributed by atoms with E-state index in [0.717, 1.165) is 29.6 Å². The molecule has 0 aromatic carbocycles. The number of aromatic hydroxyl groups is 1. The molecule has 1 saturated heterocycles. The molecule has 0 radical (unpaired) electrons. The van der Waals surface area contributed by atoms with Crippen LogP contribution < -0.4 is 0 Å². The summed E-state index contributed by atoms with van der Waals surface area (Å²) in [5.41, 5.74) is 1.94. The number of fused-ring (bicyclic) bond motifs is 1. The molecule has 2 aliphatic rings. The lowest BCUT2D eigenvalue weighted by Gasteiger charge is -2.17. The van der Waals surface area contributed by atoms with Crippen molar-refractivity contribution in [3.63, 3.8) is 0 Å². The van der Waals surface area contributed by atoms with Crippen LogP contribution in [0.15, 0.2) is 24.9 Å². The highest BCUT2D eigenvalue weighted by atomic mass is 16.3. The molecule has 1 saturated carbocycles. The van der Waals surface area contributed by atoms with Gasteiger partial charge in [-0.25, -0.2) is 0 Å². The molecule has 0 spiro atoms. The van der Waals surface area contributed by atoms with E-state index < -0.39 is 0 Å². The van der Waals surface area contributed by atoms with E-state index in [2.05, 4.69) is 16.5 Å². The highest BCUT2D eigenvalue weighted by Gasteiger charge is 2.35. The van der Waals surface area contributed by atoms with Gasteiger partial charge in [-0.1, -0.05) is 13.0 Å². The lowest BCUT2D eigenvalue weighted by Crippen LogP contribution is -2.23. The van der Waals surface area contributed by atoms with Crippen molar-refractivity contribution >= 4 is 5.57 Å². The third kappa shape index (κ3) is 2.27. The van der Waals surface area contributed by atoms with Crippen LogP contribution in [0.25, 0.3) is 5.57 Å². The van der Waals surface area contributed by atoms with E-state index in [4.69, 9.17) is 0 Å². The normalized spacial score (nSPS) is 27.3. The monoisotopic (exact) mass is 244 g/mol. The van der Waals surface area contributed by atoms with Gasteiger partial charge in [0.25, 0.3) is 0 Å². The van der Waals surface area contributed by atoms with Gasteiger partial charge in [-0.05, 0) is 42.4 Å². The van der Waals surface area contributed by atoms with Crippen LogP contribution in [0.2, 0.25) is 0 Å². The minimum Gasteiger partial charge on any atom is -0.506 e. The molecule has 2 fully saturated rings. The summed E-state index contributed by atoms with van der Waals surface area (Å²) in [6, 6.07) is 3.51. The van der Waals surface area contributed by atoms with Crippen LogP contribution in [-0.2, 0) is 0 Å². The van der Waals surface area contributed by atoms with Gasteiger partial charge in [-0.3, -0.25) is 9.88 Å². The molecule has 1 aliphatic carbocycles. The molecule has 2 atom stereocenters. The first kappa shape index (κ1) is 11.7. The van der Waals surface area contributed by atoms with E-state index in [9.17, 15) is 5.11 Å². The largest absolute Gasteiger partial charge is 0.506 e. The molecule has 96 valence electrons. The SMILES string of the molecule is C=C(CN1CC2CCCC2C1)c1ccc(O)cn1. The fourth-order valence-electron chi connectivity index (χ4n) is 3.41. The molecule has 18 heavy (non-hydrogen) atoms. The maximum absolute atomic E-state index is 9.23. The summed E-state index contributed by atoms with van der Waals surface area (Å²) >= 11 is 0. The summed E-state index contributed by atoms with van der Waals surface area (Å²) in [4.78, 5) is 6.72. The highest BCUT2D eigenvalue weighted by molar-refractivity contribution is 5.61. The molecule has 0 bridgehead atoms. The smallest absolute Gasteiger partial charge is 0.133 e. The molecular formula is C15H20N2O. The number of rotatable bonds is 3. The van der Waals surface area contributed by atoms with Crippen molar-refractivity contribution in [3.05, 3.63) is 30.6 Å². The number of nitrogens with zero attached hydrogens (tertiary/aromatic N) is 2. The Balaban J connectivity index is 1.60. The average Bonchev–Trinajstić information content (AvgIpc) is 2.90. The summed E-state index contributed by atoms with van der Waals surface area (Å²) in [5.74, 6) is 2.05. The quantitative estimate of drug-likeness (QED) is 0.887. The number of hydrogen-bond acceptors (Lipinski definition) is 3. The zero-order valence-electron chi connectivity index (χ0n) is 10.7. The lowest BCUT2D eigenvalue weighted by atomic mass is 10.0. The fourth-order valence-corrected chi connectivity index (χ4v) is 3.41.